The van der Waals surface area contributed by atoms with Gasteiger partial charge in [0.25, 0.3) is 15.0 Å². The molecule has 0 amide bonds. The minimum Gasteiger partial charge on any atom is -0.479 e. The lowest BCUT2D eigenvalue weighted by atomic mass is 10.4. The van der Waals surface area contributed by atoms with Crippen molar-refractivity contribution in [3.05, 3.63) is 0 Å². The maximum absolute atomic E-state index is 10.3. The molecule has 0 spiro atoms. The maximum Gasteiger partial charge on any atom is 0.343 e. The number of aliphatic carboxylic acids is 1. The van der Waals surface area contributed by atoms with Gasteiger partial charge in [0.15, 0.2) is 0 Å². The minimum absolute atomic E-state index is 0.693. The number of hydrogen-bond acceptors (Lipinski definition) is 5. The third-order valence-corrected chi connectivity index (χ3v) is 3.01. The molecule has 0 aromatic rings. The monoisotopic (exact) mass is 201 g/mol. The smallest absolute Gasteiger partial charge is 0.343 e. The van der Waals surface area contributed by atoms with Gasteiger partial charge in [0.1, 0.15) is 0 Å². The van der Waals surface area contributed by atoms with Crippen molar-refractivity contribution in [2.75, 3.05) is 5.75 Å². The zero-order valence-electron chi connectivity index (χ0n) is 5.26. The largest absolute Gasteiger partial charge is 0.479 e. The molecule has 0 bridgehead atoms. The Hall–Kier alpha value is -0.310. The van der Waals surface area contributed by atoms with E-state index in [1.165, 1.54) is 0 Å². The summed E-state index contributed by atoms with van der Waals surface area (Å²) in [5.74, 6) is -2.53. The quantitative estimate of drug-likeness (QED) is 0.327. The van der Waals surface area contributed by atoms with Crippen LogP contribution in [0.3, 0.4) is 0 Å². The van der Waals surface area contributed by atoms with E-state index in [2.05, 4.69) is 12.6 Å². The molecule has 11 heavy (non-hydrogen) atoms. The van der Waals surface area contributed by atoms with E-state index >= 15 is 0 Å². The number of thiol groups is 1. The minimum atomic E-state index is -4.81. The Morgan fingerprint density at radius 3 is 2.00 bits per heavy atom. The van der Waals surface area contributed by atoms with Crippen LogP contribution in [0.5, 0.6) is 0 Å². The summed E-state index contributed by atoms with van der Waals surface area (Å²) >= 11 is 3.39. The average molecular weight is 201 g/mol. The van der Waals surface area contributed by atoms with Crippen LogP contribution in [0.4, 0.5) is 0 Å². The molecule has 0 fully saturated rings. The van der Waals surface area contributed by atoms with Gasteiger partial charge in [-0.25, -0.2) is 4.79 Å². The van der Waals surface area contributed by atoms with Gasteiger partial charge in [0, 0.05) is 5.75 Å². The van der Waals surface area contributed by atoms with Gasteiger partial charge in [0.05, 0.1) is 0 Å². The Balaban J connectivity index is 5.09. The number of hydrogen-bond donors (Lipinski definition) is 4. The third-order valence-electron chi connectivity index (χ3n) is 1.06. The van der Waals surface area contributed by atoms with Gasteiger partial charge in [-0.1, -0.05) is 0 Å². The van der Waals surface area contributed by atoms with Gasteiger partial charge in [-0.3, -0.25) is 4.55 Å². The lowest BCUT2D eigenvalue weighted by Gasteiger charge is -2.17. The van der Waals surface area contributed by atoms with Crippen molar-refractivity contribution in [2.45, 2.75) is 4.87 Å². The first-order chi connectivity index (χ1) is 4.75. The van der Waals surface area contributed by atoms with Crippen molar-refractivity contribution in [1.29, 1.82) is 0 Å². The van der Waals surface area contributed by atoms with Crippen LogP contribution in [-0.2, 0) is 14.9 Å². The summed E-state index contributed by atoms with van der Waals surface area (Å²) in [6.45, 7) is 0. The number of nitrogens with two attached hydrogens (primary N) is 1. The van der Waals surface area contributed by atoms with Crippen molar-refractivity contribution in [1.82, 2.24) is 0 Å². The van der Waals surface area contributed by atoms with Crippen molar-refractivity contribution >= 4 is 28.7 Å². The molecule has 4 N–H and O–H groups in total. The highest BCUT2D eigenvalue weighted by Crippen LogP contribution is 2.10. The van der Waals surface area contributed by atoms with E-state index in [0.717, 1.165) is 0 Å². The van der Waals surface area contributed by atoms with Crippen LogP contribution in [-0.4, -0.2) is 34.7 Å². The van der Waals surface area contributed by atoms with E-state index in [0.29, 0.717) is 0 Å². The van der Waals surface area contributed by atoms with Crippen molar-refractivity contribution in [3.63, 3.8) is 0 Å². The highest BCUT2D eigenvalue weighted by molar-refractivity contribution is 7.90. The Labute approximate surface area is 68.5 Å². The molecule has 0 aromatic carbocycles. The van der Waals surface area contributed by atoms with Crippen LogP contribution >= 0.6 is 12.6 Å². The predicted molar refractivity (Wildman–Crippen MR) is 40.0 cm³/mol. The molecule has 0 rings (SSSR count). The van der Waals surface area contributed by atoms with E-state index in [9.17, 15) is 13.2 Å². The van der Waals surface area contributed by atoms with Crippen LogP contribution in [0.25, 0.3) is 0 Å². The predicted octanol–water partition coefficient (Wildman–Crippen LogP) is -1.46. The fraction of sp³-hybridized carbons (Fsp3) is 0.667. The van der Waals surface area contributed by atoms with Crippen LogP contribution in [0.15, 0.2) is 0 Å². The summed E-state index contributed by atoms with van der Waals surface area (Å²) in [6.07, 6.45) is 0. The van der Waals surface area contributed by atoms with Crippen LogP contribution in [0.2, 0.25) is 0 Å². The van der Waals surface area contributed by atoms with Crippen LogP contribution in [0, 0.1) is 0 Å². The lowest BCUT2D eigenvalue weighted by molar-refractivity contribution is -0.139. The van der Waals surface area contributed by atoms with E-state index in [1.54, 1.807) is 0 Å². The van der Waals surface area contributed by atoms with Gasteiger partial charge in [0.2, 0.25) is 0 Å². The fourth-order valence-corrected chi connectivity index (χ4v) is 1.27. The molecular formula is C3H7NO5S2. The molecule has 0 aliphatic carbocycles. The zero-order valence-corrected chi connectivity index (χ0v) is 6.97. The Bertz CT molecular complexity index is 259. The molecule has 0 heterocycles. The van der Waals surface area contributed by atoms with Gasteiger partial charge in [-0.15, -0.1) is 0 Å². The highest BCUT2D eigenvalue weighted by Gasteiger charge is 2.45. The molecule has 8 heteroatoms. The number of carbonyl (C=O) groups is 1. The third kappa shape index (κ3) is 1.83. The normalized spacial score (nSPS) is 17.4. The average Bonchev–Trinajstić information content (AvgIpc) is 1.83. The van der Waals surface area contributed by atoms with E-state index in [-0.39, 0.29) is 0 Å². The first kappa shape index (κ1) is 10.7. The second-order valence-corrected chi connectivity index (χ2v) is 3.82. The summed E-state index contributed by atoms with van der Waals surface area (Å²) in [6, 6.07) is 0. The first-order valence-electron chi connectivity index (χ1n) is 2.36. The molecule has 0 saturated carbocycles. The number of carboxylic acid groups (broad SMARTS) is 1. The van der Waals surface area contributed by atoms with E-state index < -0.39 is 26.7 Å². The topological polar surface area (TPSA) is 118 Å². The summed E-state index contributed by atoms with van der Waals surface area (Å²) in [7, 11) is -4.81. The molecule has 0 aliphatic rings. The molecule has 6 nitrogen and oxygen atoms in total. The molecule has 66 valence electrons. The van der Waals surface area contributed by atoms with Crippen LogP contribution < -0.4 is 5.73 Å². The Morgan fingerprint density at radius 2 is 2.00 bits per heavy atom. The molecule has 0 aliphatic heterocycles. The molecule has 0 saturated heterocycles. The molecule has 0 aromatic heterocycles. The van der Waals surface area contributed by atoms with Crippen molar-refractivity contribution in [3.8, 4) is 0 Å². The summed E-state index contributed by atoms with van der Waals surface area (Å²) in [5, 5.41) is 8.26. The second kappa shape index (κ2) is 2.97. The van der Waals surface area contributed by atoms with Gasteiger partial charge in [-0.05, 0) is 0 Å². The molecule has 1 atom stereocenters. The summed E-state index contributed by atoms with van der Waals surface area (Å²) in [4.78, 5) is 7.47. The summed E-state index contributed by atoms with van der Waals surface area (Å²) < 4.78 is 29.0. The number of rotatable bonds is 3. The van der Waals surface area contributed by atoms with Crippen molar-refractivity contribution in [2.24, 2.45) is 5.73 Å². The number of carboxylic acids is 1. The van der Waals surface area contributed by atoms with Crippen molar-refractivity contribution < 1.29 is 22.9 Å². The molecular weight excluding hydrogens is 194 g/mol. The van der Waals surface area contributed by atoms with Gasteiger partial charge < -0.3 is 10.8 Å². The molecule has 1 unspecified atom stereocenters. The van der Waals surface area contributed by atoms with E-state index in [1.807, 2.05) is 0 Å². The first-order valence-corrected chi connectivity index (χ1v) is 4.43. The molecule has 0 radical (unpaired) electrons. The maximum atomic E-state index is 10.3. The lowest BCUT2D eigenvalue weighted by Crippen LogP contribution is -2.56. The van der Waals surface area contributed by atoms with E-state index in [4.69, 9.17) is 15.4 Å². The second-order valence-electron chi connectivity index (χ2n) is 1.83. The Morgan fingerprint density at radius 1 is 1.64 bits per heavy atom. The standard InChI is InChI=1S/C3H7NO5S2/c4-3(1-10,2(5)6)11(7,8)9/h10H,1,4H2,(H,5,6)(H,7,8,9). The SMILES string of the molecule is NC(CS)(C(=O)O)S(=O)(=O)O. The highest BCUT2D eigenvalue weighted by atomic mass is 32.2. The Kier molecular flexibility index (Phi) is 2.89. The van der Waals surface area contributed by atoms with Gasteiger partial charge >= 0.3 is 5.97 Å². The fourth-order valence-electron chi connectivity index (χ4n) is 0.260. The van der Waals surface area contributed by atoms with Gasteiger partial charge in [-0.2, -0.15) is 21.0 Å². The van der Waals surface area contributed by atoms with Crippen LogP contribution in [0.1, 0.15) is 0 Å². The summed E-state index contributed by atoms with van der Waals surface area (Å²) in [5.41, 5.74) is 4.80. The zero-order chi connectivity index (χ0) is 9.28.